The smallest absolute Gasteiger partial charge is 0.193 e. The molecule has 124 valence electrons. The lowest BCUT2D eigenvalue weighted by atomic mass is 10.1. The number of methoxy groups -OCH3 is 1. The number of aliphatic imine (C=N–C) groups is 1. The van der Waals surface area contributed by atoms with Gasteiger partial charge in [0.1, 0.15) is 0 Å². The molecule has 0 heterocycles. The van der Waals surface area contributed by atoms with Crippen LogP contribution in [-0.2, 0) is 13.0 Å². The zero-order chi connectivity index (χ0) is 15.9. The van der Waals surface area contributed by atoms with E-state index in [0.29, 0.717) is 18.3 Å². The quantitative estimate of drug-likeness (QED) is 0.388. The molecule has 0 atom stereocenters. The highest BCUT2D eigenvalue weighted by Crippen LogP contribution is 2.26. The predicted octanol–water partition coefficient (Wildman–Crippen LogP) is 3.51. The minimum Gasteiger partial charge on any atom is -0.504 e. The number of aromatic hydroxyl groups is 1. The Kier molecular flexibility index (Phi) is 7.67. The van der Waals surface area contributed by atoms with Crippen molar-refractivity contribution in [1.82, 2.24) is 0 Å². The molecule has 0 radical (unpaired) electrons. The third-order valence-electron chi connectivity index (χ3n) is 3.31. The number of aryl methyl sites for hydroxylation is 1. The van der Waals surface area contributed by atoms with Crippen LogP contribution in [0.1, 0.15) is 18.1 Å². The van der Waals surface area contributed by atoms with Crippen molar-refractivity contribution in [2.45, 2.75) is 19.9 Å². The minimum atomic E-state index is 0. The van der Waals surface area contributed by atoms with E-state index in [9.17, 15) is 5.11 Å². The van der Waals surface area contributed by atoms with Crippen molar-refractivity contribution < 1.29 is 9.84 Å². The second kappa shape index (κ2) is 9.24. The van der Waals surface area contributed by atoms with Crippen LogP contribution in [0.2, 0.25) is 0 Å². The molecule has 0 aromatic heterocycles. The minimum absolute atomic E-state index is 0. The van der Waals surface area contributed by atoms with Crippen molar-refractivity contribution in [2.75, 3.05) is 12.4 Å². The van der Waals surface area contributed by atoms with E-state index in [0.717, 1.165) is 17.7 Å². The van der Waals surface area contributed by atoms with Gasteiger partial charge in [-0.15, -0.1) is 24.0 Å². The first-order chi connectivity index (χ1) is 10.6. The van der Waals surface area contributed by atoms with Crippen LogP contribution in [0.15, 0.2) is 47.5 Å². The van der Waals surface area contributed by atoms with Crippen molar-refractivity contribution in [3.63, 3.8) is 0 Å². The Morgan fingerprint density at radius 3 is 2.39 bits per heavy atom. The topological polar surface area (TPSA) is 79.9 Å². The third-order valence-corrected chi connectivity index (χ3v) is 3.31. The number of ether oxygens (including phenoxy) is 1. The molecule has 0 aliphatic rings. The van der Waals surface area contributed by atoms with Gasteiger partial charge in [-0.2, -0.15) is 0 Å². The zero-order valence-electron chi connectivity index (χ0n) is 13.2. The molecule has 23 heavy (non-hydrogen) atoms. The molecule has 0 saturated heterocycles. The Morgan fingerprint density at radius 2 is 1.83 bits per heavy atom. The molecule has 5 nitrogen and oxygen atoms in total. The van der Waals surface area contributed by atoms with Gasteiger partial charge in [0.05, 0.1) is 13.7 Å². The zero-order valence-corrected chi connectivity index (χ0v) is 15.6. The number of hydrogen-bond donors (Lipinski definition) is 3. The van der Waals surface area contributed by atoms with E-state index < -0.39 is 0 Å². The fourth-order valence-electron chi connectivity index (χ4n) is 2.02. The summed E-state index contributed by atoms with van der Waals surface area (Å²) in [7, 11) is 1.51. The average Bonchev–Trinajstić information content (AvgIpc) is 2.54. The fourth-order valence-corrected chi connectivity index (χ4v) is 2.02. The SMILES string of the molecule is CCc1ccc(NC(N)=NCc2ccc(OC)c(O)c2)cc1.I. The fraction of sp³-hybridized carbons (Fsp3) is 0.235. The van der Waals surface area contributed by atoms with E-state index in [2.05, 4.69) is 29.4 Å². The summed E-state index contributed by atoms with van der Waals surface area (Å²) in [6.45, 7) is 2.49. The van der Waals surface area contributed by atoms with Gasteiger partial charge in [-0.25, -0.2) is 4.99 Å². The first-order valence-electron chi connectivity index (χ1n) is 7.14. The highest BCUT2D eigenvalue weighted by molar-refractivity contribution is 14.0. The van der Waals surface area contributed by atoms with Crippen molar-refractivity contribution >= 4 is 35.6 Å². The molecule has 2 aromatic rings. The van der Waals surface area contributed by atoms with Gasteiger partial charge >= 0.3 is 0 Å². The maximum absolute atomic E-state index is 9.72. The van der Waals surface area contributed by atoms with E-state index >= 15 is 0 Å². The summed E-state index contributed by atoms with van der Waals surface area (Å²) in [6.07, 6.45) is 1.00. The van der Waals surface area contributed by atoms with Crippen LogP contribution in [0.25, 0.3) is 0 Å². The number of halogens is 1. The van der Waals surface area contributed by atoms with E-state index in [4.69, 9.17) is 10.5 Å². The van der Waals surface area contributed by atoms with Crippen LogP contribution < -0.4 is 15.8 Å². The number of phenols is 1. The first-order valence-corrected chi connectivity index (χ1v) is 7.14. The maximum atomic E-state index is 9.72. The van der Waals surface area contributed by atoms with Crippen LogP contribution in [0.5, 0.6) is 11.5 Å². The van der Waals surface area contributed by atoms with Crippen LogP contribution >= 0.6 is 24.0 Å². The summed E-state index contributed by atoms with van der Waals surface area (Å²) in [5.74, 6) is 0.867. The van der Waals surface area contributed by atoms with Gasteiger partial charge in [-0.3, -0.25) is 0 Å². The molecule has 0 aliphatic carbocycles. The lowest BCUT2D eigenvalue weighted by molar-refractivity contribution is 0.373. The molecule has 2 aromatic carbocycles. The van der Waals surface area contributed by atoms with Gasteiger partial charge in [0.2, 0.25) is 0 Å². The number of rotatable bonds is 5. The van der Waals surface area contributed by atoms with Crippen molar-refractivity contribution in [2.24, 2.45) is 10.7 Å². The summed E-state index contributed by atoms with van der Waals surface area (Å²) in [6, 6.07) is 13.2. The summed E-state index contributed by atoms with van der Waals surface area (Å²) >= 11 is 0. The van der Waals surface area contributed by atoms with Crippen LogP contribution in [-0.4, -0.2) is 18.2 Å². The molecule has 0 unspecified atom stereocenters. The summed E-state index contributed by atoms with van der Waals surface area (Å²) < 4.78 is 5.00. The predicted molar refractivity (Wildman–Crippen MR) is 105 cm³/mol. The molecule has 0 fully saturated rings. The van der Waals surface area contributed by atoms with Crippen molar-refractivity contribution in [1.29, 1.82) is 0 Å². The number of phenolic OH excluding ortho intramolecular Hbond substituents is 1. The standard InChI is InChI=1S/C17H21N3O2.HI/c1-3-12-4-7-14(8-5-12)20-17(18)19-11-13-6-9-16(22-2)15(21)10-13;/h4-10,21H,3,11H2,1-2H3,(H3,18,19,20);1H. The highest BCUT2D eigenvalue weighted by atomic mass is 127. The molecule has 0 saturated carbocycles. The van der Waals surface area contributed by atoms with E-state index in [-0.39, 0.29) is 29.7 Å². The number of guanidine groups is 1. The number of anilines is 1. The number of nitrogens with two attached hydrogens (primary N) is 1. The molecule has 6 heteroatoms. The Bertz CT molecular complexity index is 657. The van der Waals surface area contributed by atoms with Gasteiger partial charge in [-0.1, -0.05) is 25.1 Å². The lowest BCUT2D eigenvalue weighted by Gasteiger charge is -2.07. The average molecular weight is 427 g/mol. The number of hydrogen-bond acceptors (Lipinski definition) is 3. The van der Waals surface area contributed by atoms with Crippen molar-refractivity contribution in [3.05, 3.63) is 53.6 Å². The molecule has 0 aliphatic heterocycles. The summed E-state index contributed by atoms with van der Waals surface area (Å²) in [5.41, 5.74) is 8.89. The Hall–Kier alpha value is -1.96. The van der Waals surface area contributed by atoms with Gasteiger partial charge < -0.3 is 20.9 Å². The van der Waals surface area contributed by atoms with Gasteiger partial charge in [-0.05, 0) is 41.8 Å². The third kappa shape index (κ3) is 5.63. The van der Waals surface area contributed by atoms with E-state index in [1.807, 2.05) is 18.2 Å². The normalized spacial score (nSPS) is 10.8. The summed E-state index contributed by atoms with van der Waals surface area (Å²) in [5, 5.41) is 12.8. The summed E-state index contributed by atoms with van der Waals surface area (Å²) in [4.78, 5) is 4.26. The molecule has 2 rings (SSSR count). The number of nitrogens with one attached hydrogen (secondary N) is 1. The molecular formula is C17H22IN3O2. The molecule has 0 amide bonds. The molecule has 4 N–H and O–H groups in total. The second-order valence-corrected chi connectivity index (χ2v) is 4.88. The van der Waals surface area contributed by atoms with Crippen LogP contribution in [0, 0.1) is 0 Å². The monoisotopic (exact) mass is 427 g/mol. The van der Waals surface area contributed by atoms with E-state index in [1.165, 1.54) is 12.7 Å². The largest absolute Gasteiger partial charge is 0.504 e. The molecular weight excluding hydrogens is 405 g/mol. The van der Waals surface area contributed by atoms with Crippen LogP contribution in [0.4, 0.5) is 5.69 Å². The molecule has 0 spiro atoms. The number of nitrogens with zero attached hydrogens (tertiary/aromatic N) is 1. The Labute approximate surface area is 153 Å². The first kappa shape index (κ1) is 19.1. The van der Waals surface area contributed by atoms with Gasteiger partial charge in [0.25, 0.3) is 0 Å². The highest BCUT2D eigenvalue weighted by Gasteiger charge is 2.02. The van der Waals surface area contributed by atoms with Gasteiger partial charge in [0, 0.05) is 5.69 Å². The molecule has 0 bridgehead atoms. The Morgan fingerprint density at radius 1 is 1.17 bits per heavy atom. The van der Waals surface area contributed by atoms with Crippen molar-refractivity contribution in [3.8, 4) is 11.5 Å². The second-order valence-electron chi connectivity index (χ2n) is 4.88. The lowest BCUT2D eigenvalue weighted by Crippen LogP contribution is -2.22. The number of benzene rings is 2. The van der Waals surface area contributed by atoms with Crippen LogP contribution in [0.3, 0.4) is 0 Å². The Balaban J connectivity index is 0.00000264. The maximum Gasteiger partial charge on any atom is 0.193 e. The van der Waals surface area contributed by atoms with Gasteiger partial charge in [0.15, 0.2) is 17.5 Å². The van der Waals surface area contributed by atoms with E-state index in [1.54, 1.807) is 12.1 Å².